The van der Waals surface area contributed by atoms with Gasteiger partial charge in [-0.2, -0.15) is 13.2 Å². The molecule has 11 heteroatoms. The predicted octanol–water partition coefficient (Wildman–Crippen LogP) is 0.954. The molecule has 2 rings (SSSR count). The molecule has 0 fully saturated rings. The molecule has 1 aromatic carbocycles. The maximum Gasteiger partial charge on any atom is 0.405 e. The van der Waals surface area contributed by atoms with E-state index in [1.165, 1.54) is 31.3 Å². The van der Waals surface area contributed by atoms with E-state index in [0.29, 0.717) is 0 Å². The highest BCUT2D eigenvalue weighted by Crippen LogP contribution is 2.29. The van der Waals surface area contributed by atoms with Gasteiger partial charge in [0.25, 0.3) is 17.7 Å². The minimum absolute atomic E-state index is 0.134. The molecule has 0 aromatic heterocycles. The van der Waals surface area contributed by atoms with Gasteiger partial charge < -0.3 is 5.32 Å². The average molecular weight is 372 g/mol. The molecule has 140 valence electrons. The van der Waals surface area contributed by atoms with Gasteiger partial charge in [-0.05, 0) is 26.0 Å². The molecule has 1 aliphatic rings. The number of nitrogens with zero attached hydrogens (tertiary/aromatic N) is 1. The van der Waals surface area contributed by atoms with Gasteiger partial charge in [-0.1, -0.05) is 12.1 Å². The molecular weight excluding hydrogens is 357 g/mol. The highest BCUT2D eigenvalue weighted by atomic mass is 19.4. The van der Waals surface area contributed by atoms with Crippen LogP contribution in [0, 0.1) is 0 Å². The molecule has 0 atom stereocenters. The van der Waals surface area contributed by atoms with E-state index in [0.717, 1.165) is 4.90 Å². The fraction of sp³-hybridized carbons (Fsp3) is 0.333. The quantitative estimate of drug-likeness (QED) is 0.542. The lowest BCUT2D eigenvalue weighted by Crippen LogP contribution is -2.61. The van der Waals surface area contributed by atoms with Gasteiger partial charge in [-0.15, -0.1) is 0 Å². The molecule has 5 amide bonds. The number of hydrogen-bond acceptors (Lipinski definition) is 4. The number of alkyl halides is 3. The number of hydrazine groups is 1. The van der Waals surface area contributed by atoms with Crippen LogP contribution in [0.5, 0.6) is 0 Å². The van der Waals surface area contributed by atoms with Gasteiger partial charge >= 0.3 is 12.2 Å². The van der Waals surface area contributed by atoms with E-state index in [9.17, 15) is 32.3 Å². The third kappa shape index (κ3) is 3.76. The first-order valence-electron chi connectivity index (χ1n) is 7.34. The van der Waals surface area contributed by atoms with Crippen LogP contribution in [0.1, 0.15) is 34.6 Å². The van der Waals surface area contributed by atoms with Crippen molar-refractivity contribution in [1.82, 2.24) is 21.1 Å². The highest BCUT2D eigenvalue weighted by molar-refractivity contribution is 6.23. The number of nitrogens with one attached hydrogen (secondary N) is 3. The van der Waals surface area contributed by atoms with Crippen LogP contribution < -0.4 is 16.2 Å². The summed E-state index contributed by atoms with van der Waals surface area (Å²) in [7, 11) is 0. The number of imide groups is 1. The molecule has 0 saturated carbocycles. The van der Waals surface area contributed by atoms with Crippen molar-refractivity contribution in [3.63, 3.8) is 0 Å². The molecule has 8 nitrogen and oxygen atoms in total. The highest BCUT2D eigenvalue weighted by Gasteiger charge is 2.47. The zero-order valence-electron chi connectivity index (χ0n) is 13.7. The first-order valence-corrected chi connectivity index (χ1v) is 7.34. The maximum atomic E-state index is 12.4. The Bertz CT molecular complexity index is 741. The summed E-state index contributed by atoms with van der Waals surface area (Å²) in [5.74, 6) is -2.34. The predicted molar refractivity (Wildman–Crippen MR) is 81.8 cm³/mol. The molecule has 26 heavy (non-hydrogen) atoms. The fourth-order valence-corrected chi connectivity index (χ4v) is 2.29. The molecule has 1 aliphatic heterocycles. The summed E-state index contributed by atoms with van der Waals surface area (Å²) in [5.41, 5.74) is 2.19. The number of benzene rings is 1. The Morgan fingerprint density at radius 1 is 1.00 bits per heavy atom. The lowest BCUT2D eigenvalue weighted by atomic mass is 10.0. The lowest BCUT2D eigenvalue weighted by Gasteiger charge is -2.32. The van der Waals surface area contributed by atoms with Crippen molar-refractivity contribution in [3.05, 3.63) is 35.4 Å². The second kappa shape index (κ2) is 6.65. The Morgan fingerprint density at radius 2 is 1.50 bits per heavy atom. The van der Waals surface area contributed by atoms with E-state index < -0.39 is 42.0 Å². The number of carbonyl (C=O) groups is 4. The molecule has 1 heterocycles. The van der Waals surface area contributed by atoms with Gasteiger partial charge in [0.05, 0.1) is 11.1 Å². The standard InChI is InChI=1S/C15H15F3N4O4/c1-14(2,12(25)20-21-13(26)19-7-15(16,17)18)22-10(23)8-5-3-4-6-9(8)11(22)24/h3-6H,7H2,1-2H3,(H,20,25)(H2,19,21,26). The van der Waals surface area contributed by atoms with Crippen molar-refractivity contribution in [2.24, 2.45) is 0 Å². The van der Waals surface area contributed by atoms with Crippen molar-refractivity contribution in [2.75, 3.05) is 6.54 Å². The first-order chi connectivity index (χ1) is 11.9. The Morgan fingerprint density at radius 3 is 1.96 bits per heavy atom. The van der Waals surface area contributed by atoms with Crippen molar-refractivity contribution in [1.29, 1.82) is 0 Å². The normalized spacial score (nSPS) is 14.1. The van der Waals surface area contributed by atoms with Crippen molar-refractivity contribution < 1.29 is 32.3 Å². The molecular formula is C15H15F3N4O4. The average Bonchev–Trinajstić information content (AvgIpc) is 2.82. The molecule has 1 aromatic rings. The first kappa shape index (κ1) is 19.2. The number of hydrogen-bond donors (Lipinski definition) is 3. The topological polar surface area (TPSA) is 108 Å². The minimum atomic E-state index is -4.61. The van der Waals surface area contributed by atoms with Crippen molar-refractivity contribution in [2.45, 2.75) is 25.6 Å². The lowest BCUT2D eigenvalue weighted by molar-refractivity contribution is -0.130. The van der Waals surface area contributed by atoms with Crippen LogP contribution in [0.2, 0.25) is 0 Å². The van der Waals surface area contributed by atoms with Crippen LogP contribution >= 0.6 is 0 Å². The number of rotatable bonds is 3. The summed E-state index contributed by atoms with van der Waals surface area (Å²) in [6, 6.07) is 4.70. The van der Waals surface area contributed by atoms with Crippen LogP contribution in [0.15, 0.2) is 24.3 Å². The summed E-state index contributed by atoms with van der Waals surface area (Å²) in [6.45, 7) is 0.940. The molecule has 0 aliphatic carbocycles. The molecule has 0 radical (unpaired) electrons. The van der Waals surface area contributed by atoms with Crippen LogP contribution in [-0.2, 0) is 4.79 Å². The van der Waals surface area contributed by atoms with E-state index in [4.69, 9.17) is 0 Å². The van der Waals surface area contributed by atoms with Gasteiger partial charge in [0.2, 0.25) is 0 Å². The van der Waals surface area contributed by atoms with Gasteiger partial charge in [-0.25, -0.2) is 10.2 Å². The van der Waals surface area contributed by atoms with Crippen LogP contribution in [0.4, 0.5) is 18.0 Å². The number of halogens is 3. The SMILES string of the molecule is CC(C)(C(=O)NNC(=O)NCC(F)(F)F)N1C(=O)c2ccccc2C1=O. The Balaban J connectivity index is 2.04. The zero-order chi connectivity index (χ0) is 19.7. The monoisotopic (exact) mass is 372 g/mol. The van der Waals surface area contributed by atoms with E-state index >= 15 is 0 Å². The van der Waals surface area contributed by atoms with E-state index in [-0.39, 0.29) is 11.1 Å². The number of urea groups is 1. The van der Waals surface area contributed by atoms with Crippen LogP contribution in [0.3, 0.4) is 0 Å². The summed E-state index contributed by atoms with van der Waals surface area (Å²) >= 11 is 0. The van der Waals surface area contributed by atoms with Crippen molar-refractivity contribution in [3.8, 4) is 0 Å². The van der Waals surface area contributed by atoms with Gasteiger partial charge in [0.15, 0.2) is 0 Å². The summed E-state index contributed by atoms with van der Waals surface area (Å²) in [4.78, 5) is 49.1. The van der Waals surface area contributed by atoms with Crippen LogP contribution in [0.25, 0.3) is 0 Å². The van der Waals surface area contributed by atoms with Crippen molar-refractivity contribution >= 4 is 23.8 Å². The molecule has 0 spiro atoms. The largest absolute Gasteiger partial charge is 0.405 e. The minimum Gasteiger partial charge on any atom is -0.328 e. The van der Waals surface area contributed by atoms with E-state index in [2.05, 4.69) is 0 Å². The Hall–Kier alpha value is -3.11. The number of fused-ring (bicyclic) bond motifs is 1. The smallest absolute Gasteiger partial charge is 0.328 e. The van der Waals surface area contributed by atoms with Gasteiger partial charge in [0, 0.05) is 0 Å². The summed E-state index contributed by atoms with van der Waals surface area (Å²) in [5, 5.41) is 1.49. The number of carbonyl (C=O) groups excluding carboxylic acids is 4. The second-order valence-corrected chi connectivity index (χ2v) is 5.93. The summed E-state index contributed by atoms with van der Waals surface area (Å²) in [6.07, 6.45) is -4.61. The van der Waals surface area contributed by atoms with Gasteiger partial charge in [-0.3, -0.25) is 24.7 Å². The van der Waals surface area contributed by atoms with E-state index in [1.54, 1.807) is 17.6 Å². The molecule has 0 saturated heterocycles. The molecule has 0 unspecified atom stereocenters. The Kier molecular flexibility index (Phi) is 4.92. The maximum absolute atomic E-state index is 12.4. The number of amides is 5. The third-order valence-corrected chi connectivity index (χ3v) is 3.65. The van der Waals surface area contributed by atoms with Crippen LogP contribution in [-0.4, -0.2) is 46.9 Å². The summed E-state index contributed by atoms with van der Waals surface area (Å²) < 4.78 is 36.0. The van der Waals surface area contributed by atoms with E-state index in [1.807, 2.05) is 5.43 Å². The Labute approximate surface area is 145 Å². The molecule has 0 bridgehead atoms. The fourth-order valence-electron chi connectivity index (χ4n) is 2.29. The molecule has 3 N–H and O–H groups in total. The van der Waals surface area contributed by atoms with Gasteiger partial charge in [0.1, 0.15) is 12.1 Å². The third-order valence-electron chi connectivity index (χ3n) is 3.65. The zero-order valence-corrected chi connectivity index (χ0v) is 13.7. The second-order valence-electron chi connectivity index (χ2n) is 5.93.